The van der Waals surface area contributed by atoms with Crippen molar-refractivity contribution in [3.05, 3.63) is 23.9 Å². The highest BCUT2D eigenvalue weighted by Crippen LogP contribution is 2.12. The van der Waals surface area contributed by atoms with Gasteiger partial charge in [-0.2, -0.15) is 0 Å². The van der Waals surface area contributed by atoms with Gasteiger partial charge in [0.15, 0.2) is 0 Å². The van der Waals surface area contributed by atoms with Gasteiger partial charge in [-0.25, -0.2) is 9.78 Å². The minimum atomic E-state index is -0.387. The molecule has 1 N–H and O–H groups in total. The molecule has 0 saturated carbocycles. The van der Waals surface area contributed by atoms with Crippen LogP contribution < -0.4 is 10.1 Å². The monoisotopic (exact) mass is 222 g/mol. The van der Waals surface area contributed by atoms with E-state index in [0.717, 1.165) is 19.5 Å². The number of hydrogen-bond acceptors (Lipinski definition) is 5. The summed E-state index contributed by atoms with van der Waals surface area (Å²) in [6, 6.07) is 3.33. The van der Waals surface area contributed by atoms with Gasteiger partial charge in [0.2, 0.25) is 5.88 Å². The molecule has 0 radical (unpaired) electrons. The van der Waals surface area contributed by atoms with Gasteiger partial charge in [0.1, 0.15) is 6.10 Å². The first-order chi connectivity index (χ1) is 7.79. The van der Waals surface area contributed by atoms with Gasteiger partial charge in [-0.15, -0.1) is 0 Å². The molecule has 0 aliphatic carbocycles. The Kier molecular flexibility index (Phi) is 3.36. The zero-order chi connectivity index (χ0) is 11.4. The minimum absolute atomic E-state index is 0.177. The average Bonchev–Trinajstić information content (AvgIpc) is 2.82. The predicted octanol–water partition coefficient (Wildman–Crippen LogP) is 0.609. The van der Waals surface area contributed by atoms with Crippen LogP contribution >= 0.6 is 0 Å². The summed E-state index contributed by atoms with van der Waals surface area (Å²) in [6.45, 7) is 1.82. The van der Waals surface area contributed by atoms with E-state index < -0.39 is 0 Å². The van der Waals surface area contributed by atoms with Crippen LogP contribution in [0.25, 0.3) is 0 Å². The number of aromatic nitrogens is 1. The van der Waals surface area contributed by atoms with Crippen molar-refractivity contribution >= 4 is 5.97 Å². The Morgan fingerprint density at radius 2 is 2.44 bits per heavy atom. The Morgan fingerprint density at radius 1 is 1.56 bits per heavy atom. The summed E-state index contributed by atoms with van der Waals surface area (Å²) in [4.78, 5) is 15.2. The topological polar surface area (TPSA) is 60.5 Å². The molecule has 0 bridgehead atoms. The Morgan fingerprint density at radius 3 is 3.00 bits per heavy atom. The number of rotatable bonds is 3. The van der Waals surface area contributed by atoms with Crippen molar-refractivity contribution in [2.45, 2.75) is 12.5 Å². The van der Waals surface area contributed by atoms with E-state index in [-0.39, 0.29) is 12.1 Å². The maximum absolute atomic E-state index is 11.2. The molecule has 1 aliphatic heterocycles. The summed E-state index contributed by atoms with van der Waals surface area (Å²) in [6.07, 6.45) is 2.63. The van der Waals surface area contributed by atoms with Gasteiger partial charge in [-0.3, -0.25) is 0 Å². The second kappa shape index (κ2) is 4.94. The average molecular weight is 222 g/mol. The second-order valence-electron chi connectivity index (χ2n) is 3.61. The molecule has 2 rings (SSSR count). The van der Waals surface area contributed by atoms with E-state index in [9.17, 15) is 4.79 Å². The van der Waals surface area contributed by atoms with E-state index in [0.29, 0.717) is 11.4 Å². The van der Waals surface area contributed by atoms with E-state index in [4.69, 9.17) is 4.74 Å². The van der Waals surface area contributed by atoms with Crippen LogP contribution in [0.15, 0.2) is 18.3 Å². The van der Waals surface area contributed by atoms with Crippen molar-refractivity contribution < 1.29 is 14.3 Å². The molecule has 16 heavy (non-hydrogen) atoms. The highest BCUT2D eigenvalue weighted by Gasteiger charge is 2.16. The van der Waals surface area contributed by atoms with Gasteiger partial charge in [-0.1, -0.05) is 0 Å². The normalized spacial score (nSPS) is 19.4. The molecule has 0 amide bonds. The molecule has 0 unspecified atom stereocenters. The number of hydrogen-bond donors (Lipinski definition) is 1. The zero-order valence-corrected chi connectivity index (χ0v) is 9.10. The summed E-state index contributed by atoms with van der Waals surface area (Å²) >= 11 is 0. The van der Waals surface area contributed by atoms with Crippen LogP contribution in [0.4, 0.5) is 0 Å². The molecule has 86 valence electrons. The molecule has 0 aromatic carbocycles. The summed E-state index contributed by atoms with van der Waals surface area (Å²) in [5.74, 6) is 0.155. The Labute approximate surface area is 93.8 Å². The minimum Gasteiger partial charge on any atom is -0.473 e. The first-order valence-corrected chi connectivity index (χ1v) is 5.21. The fraction of sp³-hybridized carbons (Fsp3) is 0.455. The molecule has 1 atom stereocenters. The SMILES string of the molecule is COC(=O)c1ccc(O[C@@H]2CCNC2)nc1. The quantitative estimate of drug-likeness (QED) is 0.759. The molecule has 2 heterocycles. The number of nitrogens with zero attached hydrogens (tertiary/aromatic N) is 1. The maximum atomic E-state index is 11.2. The van der Waals surface area contributed by atoms with Crippen LogP contribution in [0.3, 0.4) is 0 Å². The molecule has 0 spiro atoms. The van der Waals surface area contributed by atoms with E-state index in [1.807, 2.05) is 0 Å². The highest BCUT2D eigenvalue weighted by atomic mass is 16.5. The van der Waals surface area contributed by atoms with E-state index in [1.54, 1.807) is 12.1 Å². The molecule has 1 aromatic heterocycles. The second-order valence-corrected chi connectivity index (χ2v) is 3.61. The van der Waals surface area contributed by atoms with Crippen LogP contribution in [-0.4, -0.2) is 37.3 Å². The van der Waals surface area contributed by atoms with Crippen molar-refractivity contribution in [1.82, 2.24) is 10.3 Å². The van der Waals surface area contributed by atoms with E-state index in [2.05, 4.69) is 15.0 Å². The first kappa shape index (κ1) is 10.9. The first-order valence-electron chi connectivity index (χ1n) is 5.21. The van der Waals surface area contributed by atoms with Crippen LogP contribution in [0.1, 0.15) is 16.8 Å². The van der Waals surface area contributed by atoms with E-state index in [1.165, 1.54) is 13.3 Å². The smallest absolute Gasteiger partial charge is 0.339 e. The van der Waals surface area contributed by atoms with Crippen LogP contribution in [0.2, 0.25) is 0 Å². The lowest BCUT2D eigenvalue weighted by atomic mass is 10.3. The van der Waals surface area contributed by atoms with Crippen molar-refractivity contribution in [3.8, 4) is 5.88 Å². The lowest BCUT2D eigenvalue weighted by Gasteiger charge is -2.11. The maximum Gasteiger partial charge on any atom is 0.339 e. The third-order valence-corrected chi connectivity index (χ3v) is 2.46. The van der Waals surface area contributed by atoms with Gasteiger partial charge in [0.05, 0.1) is 12.7 Å². The van der Waals surface area contributed by atoms with Crippen molar-refractivity contribution in [1.29, 1.82) is 0 Å². The van der Waals surface area contributed by atoms with E-state index >= 15 is 0 Å². The molecular weight excluding hydrogens is 208 g/mol. The third kappa shape index (κ3) is 2.49. The number of carbonyl (C=O) groups excluding carboxylic acids is 1. The number of pyridine rings is 1. The number of methoxy groups -OCH3 is 1. The van der Waals surface area contributed by atoms with Crippen molar-refractivity contribution in [3.63, 3.8) is 0 Å². The number of carbonyl (C=O) groups is 1. The van der Waals surface area contributed by atoms with Gasteiger partial charge in [-0.05, 0) is 19.0 Å². The zero-order valence-electron chi connectivity index (χ0n) is 9.10. The molecule has 5 heteroatoms. The summed E-state index contributed by atoms with van der Waals surface area (Å²) in [5, 5.41) is 3.20. The summed E-state index contributed by atoms with van der Waals surface area (Å²) < 4.78 is 10.2. The molecule has 1 saturated heterocycles. The lowest BCUT2D eigenvalue weighted by Crippen LogP contribution is -2.20. The summed E-state index contributed by atoms with van der Waals surface area (Å²) in [7, 11) is 1.34. The lowest BCUT2D eigenvalue weighted by molar-refractivity contribution is 0.0600. The van der Waals surface area contributed by atoms with Crippen LogP contribution in [0.5, 0.6) is 5.88 Å². The molecule has 1 fully saturated rings. The van der Waals surface area contributed by atoms with Crippen molar-refractivity contribution in [2.75, 3.05) is 20.2 Å². The van der Waals surface area contributed by atoms with Crippen molar-refractivity contribution in [2.24, 2.45) is 0 Å². The van der Waals surface area contributed by atoms with Gasteiger partial charge in [0.25, 0.3) is 0 Å². The van der Waals surface area contributed by atoms with Gasteiger partial charge < -0.3 is 14.8 Å². The molecule has 1 aliphatic rings. The fourth-order valence-corrected chi connectivity index (χ4v) is 1.59. The molecular formula is C11H14N2O3. The summed E-state index contributed by atoms with van der Waals surface area (Å²) in [5.41, 5.74) is 0.430. The number of esters is 1. The Bertz CT molecular complexity index is 358. The highest BCUT2D eigenvalue weighted by molar-refractivity contribution is 5.88. The Balaban J connectivity index is 1.98. The standard InChI is InChI=1S/C11H14N2O3/c1-15-11(14)8-2-3-10(13-6-8)16-9-4-5-12-7-9/h2-3,6,9,12H,4-5,7H2,1H3/t9-/m1/s1. The number of ether oxygens (including phenoxy) is 2. The van der Waals surface area contributed by atoms with Crippen LogP contribution in [-0.2, 0) is 4.74 Å². The van der Waals surface area contributed by atoms with Gasteiger partial charge in [0, 0.05) is 18.8 Å². The fourth-order valence-electron chi connectivity index (χ4n) is 1.59. The Hall–Kier alpha value is -1.62. The molecule has 5 nitrogen and oxygen atoms in total. The van der Waals surface area contributed by atoms with Crippen LogP contribution in [0, 0.1) is 0 Å². The molecule has 1 aromatic rings. The third-order valence-electron chi connectivity index (χ3n) is 2.46. The number of nitrogens with one attached hydrogen (secondary N) is 1. The predicted molar refractivity (Wildman–Crippen MR) is 57.5 cm³/mol. The largest absolute Gasteiger partial charge is 0.473 e. The van der Waals surface area contributed by atoms with Gasteiger partial charge >= 0.3 is 5.97 Å².